The van der Waals surface area contributed by atoms with E-state index in [1.165, 1.54) is 11.1 Å². The molecule has 2 heteroatoms. The van der Waals surface area contributed by atoms with Gasteiger partial charge >= 0.3 is 0 Å². The topological polar surface area (TPSA) is 17.1 Å². The normalized spacial score (nSPS) is 23.8. The van der Waals surface area contributed by atoms with Crippen molar-refractivity contribution in [1.29, 1.82) is 0 Å². The molecule has 3 rings (SSSR count). The van der Waals surface area contributed by atoms with E-state index >= 15 is 0 Å². The van der Waals surface area contributed by atoms with Crippen LogP contribution in [0.5, 0.6) is 0 Å². The Labute approximate surface area is 133 Å². The number of hydrogen-bond acceptors (Lipinski definition) is 1. The first-order valence-electron chi connectivity index (χ1n) is 7.83. The Bertz CT molecular complexity index is 742. The van der Waals surface area contributed by atoms with Gasteiger partial charge in [0.25, 0.3) is 0 Å². The minimum absolute atomic E-state index is 0.169. The van der Waals surface area contributed by atoms with E-state index in [9.17, 15) is 4.57 Å². The molecule has 1 heterocycles. The summed E-state index contributed by atoms with van der Waals surface area (Å²) >= 11 is 0. The molecule has 1 unspecified atom stereocenters. The molecule has 0 saturated heterocycles. The van der Waals surface area contributed by atoms with Crippen molar-refractivity contribution in [3.63, 3.8) is 0 Å². The van der Waals surface area contributed by atoms with Crippen molar-refractivity contribution < 1.29 is 4.57 Å². The summed E-state index contributed by atoms with van der Waals surface area (Å²) in [5, 5.41) is 0.944. The van der Waals surface area contributed by atoms with Crippen molar-refractivity contribution in [3.05, 3.63) is 77.4 Å². The fraction of sp³-hybridized carbons (Fsp3) is 0.300. The monoisotopic (exact) mass is 310 g/mol. The molecule has 1 atom stereocenters. The van der Waals surface area contributed by atoms with Crippen LogP contribution in [0.25, 0.3) is 5.31 Å². The summed E-state index contributed by atoms with van der Waals surface area (Å²) in [7, 11) is -2.50. The lowest BCUT2D eigenvalue weighted by molar-refractivity contribution is 0.549. The van der Waals surface area contributed by atoms with E-state index in [0.717, 1.165) is 17.3 Å². The van der Waals surface area contributed by atoms with E-state index in [2.05, 4.69) is 45.0 Å². The molecule has 0 saturated carbocycles. The molecule has 1 aliphatic rings. The average Bonchev–Trinajstić information content (AvgIpc) is 2.66. The molecule has 114 valence electrons. The molecular formula is C20H23OP. The van der Waals surface area contributed by atoms with Gasteiger partial charge in [-0.2, -0.15) is 0 Å². The van der Waals surface area contributed by atoms with Crippen LogP contribution in [0.15, 0.2) is 66.2 Å². The minimum Gasteiger partial charge on any atom is -0.318 e. The summed E-state index contributed by atoms with van der Waals surface area (Å²) in [4.78, 5) is 0. The average molecular weight is 310 g/mol. The fourth-order valence-electron chi connectivity index (χ4n) is 3.66. The third-order valence-electron chi connectivity index (χ3n) is 4.74. The third-order valence-corrected chi connectivity index (χ3v) is 9.02. The molecule has 0 spiro atoms. The van der Waals surface area contributed by atoms with Crippen molar-refractivity contribution in [1.82, 2.24) is 0 Å². The van der Waals surface area contributed by atoms with Crippen LogP contribution in [0, 0.1) is 0 Å². The van der Waals surface area contributed by atoms with Crippen LogP contribution in [-0.4, -0.2) is 5.16 Å². The van der Waals surface area contributed by atoms with Gasteiger partial charge in [0.2, 0.25) is 0 Å². The Hall–Kier alpha value is -1.59. The Morgan fingerprint density at radius 1 is 0.955 bits per heavy atom. The van der Waals surface area contributed by atoms with Crippen molar-refractivity contribution >= 4 is 12.5 Å². The van der Waals surface area contributed by atoms with Crippen LogP contribution in [0.3, 0.4) is 0 Å². The largest absolute Gasteiger partial charge is 0.318 e. The molecule has 2 aromatic carbocycles. The predicted molar refractivity (Wildman–Crippen MR) is 95.5 cm³/mol. The smallest absolute Gasteiger partial charge is 0.125 e. The van der Waals surface area contributed by atoms with E-state index in [0.29, 0.717) is 6.16 Å². The summed E-state index contributed by atoms with van der Waals surface area (Å²) in [6.45, 7) is 6.47. The lowest BCUT2D eigenvalue weighted by Gasteiger charge is -2.30. The van der Waals surface area contributed by atoms with Crippen LogP contribution in [-0.2, 0) is 10.7 Å². The van der Waals surface area contributed by atoms with E-state index in [1.54, 1.807) is 0 Å². The highest BCUT2D eigenvalue weighted by atomic mass is 31.2. The number of rotatable bonds is 3. The van der Waals surface area contributed by atoms with Gasteiger partial charge in [-0.1, -0.05) is 80.1 Å². The summed E-state index contributed by atoms with van der Waals surface area (Å²) in [5.41, 5.74) is 3.59. The standard InChI is InChI=1S/C20H23OP/c1-16-14-20(2,3)22(21,15-17-10-6-4-7-11-17)19(16)18-12-8-5-9-13-18/h4-13H,14-15H2,1-3H3. The number of allylic oxidation sites excluding steroid dienone is 1. The maximum Gasteiger partial charge on any atom is 0.125 e. The zero-order chi connectivity index (χ0) is 15.8. The molecule has 0 bridgehead atoms. The van der Waals surface area contributed by atoms with Crippen LogP contribution in [0.4, 0.5) is 0 Å². The zero-order valence-corrected chi connectivity index (χ0v) is 14.4. The van der Waals surface area contributed by atoms with Gasteiger partial charge in [-0.25, -0.2) is 0 Å². The number of hydrogen-bond donors (Lipinski definition) is 0. The molecular weight excluding hydrogens is 287 g/mol. The summed E-state index contributed by atoms with van der Waals surface area (Å²) in [6, 6.07) is 20.5. The van der Waals surface area contributed by atoms with E-state index in [4.69, 9.17) is 0 Å². The predicted octanol–water partition coefficient (Wildman–Crippen LogP) is 6.16. The van der Waals surface area contributed by atoms with Gasteiger partial charge in [0.1, 0.15) is 7.14 Å². The molecule has 0 fully saturated rings. The second-order valence-corrected chi connectivity index (χ2v) is 10.3. The van der Waals surface area contributed by atoms with E-state index in [1.807, 2.05) is 36.4 Å². The van der Waals surface area contributed by atoms with Gasteiger partial charge in [-0.3, -0.25) is 0 Å². The Balaban J connectivity index is 2.11. The second kappa shape index (κ2) is 5.56. The maximum absolute atomic E-state index is 14.1. The quantitative estimate of drug-likeness (QED) is 0.620. The van der Waals surface area contributed by atoms with Crippen LogP contribution >= 0.6 is 7.14 Å². The maximum atomic E-state index is 14.1. The lowest BCUT2D eigenvalue weighted by Crippen LogP contribution is -2.17. The van der Waals surface area contributed by atoms with Gasteiger partial charge in [0.15, 0.2) is 0 Å². The first-order valence-corrected chi connectivity index (χ1v) is 9.72. The van der Waals surface area contributed by atoms with E-state index < -0.39 is 7.14 Å². The molecule has 0 amide bonds. The molecule has 1 aliphatic heterocycles. The molecule has 2 aromatic rings. The molecule has 1 nitrogen and oxygen atoms in total. The van der Waals surface area contributed by atoms with Crippen molar-refractivity contribution in [2.24, 2.45) is 0 Å². The number of benzene rings is 2. The minimum atomic E-state index is -2.50. The van der Waals surface area contributed by atoms with Gasteiger partial charge in [-0.15, -0.1) is 0 Å². The molecule has 0 aromatic heterocycles. The van der Waals surface area contributed by atoms with Crippen molar-refractivity contribution in [2.75, 3.05) is 0 Å². The Morgan fingerprint density at radius 3 is 2.09 bits per heavy atom. The highest BCUT2D eigenvalue weighted by molar-refractivity contribution is 7.75. The summed E-state index contributed by atoms with van der Waals surface area (Å²) in [6.07, 6.45) is 1.57. The van der Waals surface area contributed by atoms with Crippen LogP contribution in [0.1, 0.15) is 38.3 Å². The molecule has 22 heavy (non-hydrogen) atoms. The Kier molecular flexibility index (Phi) is 3.87. The van der Waals surface area contributed by atoms with Gasteiger partial charge in [0, 0.05) is 16.6 Å². The van der Waals surface area contributed by atoms with Gasteiger partial charge in [-0.05, 0) is 24.5 Å². The molecule has 0 N–H and O–H groups in total. The van der Waals surface area contributed by atoms with Crippen LogP contribution < -0.4 is 0 Å². The molecule has 0 radical (unpaired) electrons. The molecule has 0 aliphatic carbocycles. The van der Waals surface area contributed by atoms with Crippen LogP contribution in [0.2, 0.25) is 0 Å². The highest BCUT2D eigenvalue weighted by Crippen LogP contribution is 2.75. The summed E-state index contributed by atoms with van der Waals surface area (Å²) in [5.74, 6) is 0. The zero-order valence-electron chi connectivity index (χ0n) is 13.5. The first kappa shape index (κ1) is 15.3. The van der Waals surface area contributed by atoms with Crippen molar-refractivity contribution in [2.45, 2.75) is 38.5 Å². The Morgan fingerprint density at radius 2 is 1.50 bits per heavy atom. The second-order valence-electron chi connectivity index (χ2n) is 6.87. The van der Waals surface area contributed by atoms with E-state index in [-0.39, 0.29) is 5.16 Å². The lowest BCUT2D eigenvalue weighted by atomic mass is 10.0. The highest BCUT2D eigenvalue weighted by Gasteiger charge is 2.49. The first-order chi connectivity index (χ1) is 10.4. The SMILES string of the molecule is CC1=C(c2ccccc2)P(=O)(Cc2ccccc2)C(C)(C)C1. The van der Waals surface area contributed by atoms with Gasteiger partial charge < -0.3 is 4.57 Å². The van der Waals surface area contributed by atoms with Gasteiger partial charge in [0.05, 0.1) is 0 Å². The fourth-order valence-corrected chi connectivity index (χ4v) is 7.33. The third kappa shape index (κ3) is 2.48. The summed E-state index contributed by atoms with van der Waals surface area (Å²) < 4.78 is 14.1. The van der Waals surface area contributed by atoms with Crippen molar-refractivity contribution in [3.8, 4) is 0 Å².